The predicted molar refractivity (Wildman–Crippen MR) is 96.7 cm³/mol. The number of carbonyl (C=O) groups is 2. The van der Waals surface area contributed by atoms with Gasteiger partial charge in [-0.3, -0.25) is 9.59 Å². The molecule has 0 spiro atoms. The van der Waals surface area contributed by atoms with Crippen LogP contribution in [0.2, 0.25) is 0 Å². The number of ketones is 1. The lowest BCUT2D eigenvalue weighted by Gasteiger charge is -2.36. The largest absolute Gasteiger partial charge is 0.379 e. The molecule has 0 aliphatic carbocycles. The molecule has 0 radical (unpaired) electrons. The SMILES string of the molecule is CC(=O)c1ccc(C(=O)N2CCC[C@@H](S(=O)(=O)N3CCOCC3)C2)cc1. The Morgan fingerprint density at radius 1 is 1.04 bits per heavy atom. The summed E-state index contributed by atoms with van der Waals surface area (Å²) < 4.78 is 32.4. The van der Waals surface area contributed by atoms with Crippen LogP contribution < -0.4 is 0 Å². The Morgan fingerprint density at radius 2 is 1.65 bits per heavy atom. The molecule has 7 nitrogen and oxygen atoms in total. The van der Waals surface area contributed by atoms with Crippen LogP contribution in [0.25, 0.3) is 0 Å². The summed E-state index contributed by atoms with van der Waals surface area (Å²) in [5, 5.41) is -0.574. The number of sulfonamides is 1. The van der Waals surface area contributed by atoms with E-state index < -0.39 is 15.3 Å². The highest BCUT2D eigenvalue weighted by Crippen LogP contribution is 2.22. The van der Waals surface area contributed by atoms with E-state index in [2.05, 4.69) is 0 Å². The maximum Gasteiger partial charge on any atom is 0.253 e. The zero-order valence-corrected chi connectivity index (χ0v) is 15.7. The average Bonchev–Trinajstić information content (AvgIpc) is 2.68. The minimum Gasteiger partial charge on any atom is -0.379 e. The topological polar surface area (TPSA) is 84.0 Å². The average molecular weight is 380 g/mol. The molecule has 0 saturated carbocycles. The van der Waals surface area contributed by atoms with Crippen molar-refractivity contribution in [3.63, 3.8) is 0 Å². The first-order chi connectivity index (χ1) is 12.4. The summed E-state index contributed by atoms with van der Waals surface area (Å²) in [4.78, 5) is 25.7. The number of carbonyl (C=O) groups excluding carboxylic acids is 2. The van der Waals surface area contributed by atoms with Gasteiger partial charge >= 0.3 is 0 Å². The van der Waals surface area contributed by atoms with Gasteiger partial charge in [-0.25, -0.2) is 8.42 Å². The summed E-state index contributed by atoms with van der Waals surface area (Å²) in [5.41, 5.74) is 1.02. The first-order valence-electron chi connectivity index (χ1n) is 8.86. The van der Waals surface area contributed by atoms with Gasteiger partial charge in [0, 0.05) is 37.3 Å². The van der Waals surface area contributed by atoms with Gasteiger partial charge in [-0.15, -0.1) is 0 Å². The zero-order valence-electron chi connectivity index (χ0n) is 14.9. The van der Waals surface area contributed by atoms with Crippen molar-refractivity contribution in [2.24, 2.45) is 0 Å². The Hall–Kier alpha value is -1.77. The molecule has 1 aromatic rings. The molecule has 2 fully saturated rings. The maximum atomic E-state index is 12.9. The summed E-state index contributed by atoms with van der Waals surface area (Å²) in [7, 11) is -3.44. The summed E-state index contributed by atoms with van der Waals surface area (Å²) in [6.45, 7) is 3.80. The van der Waals surface area contributed by atoms with Gasteiger partial charge in [0.2, 0.25) is 10.0 Å². The molecule has 2 saturated heterocycles. The molecule has 2 aliphatic heterocycles. The second-order valence-corrected chi connectivity index (χ2v) is 8.92. The molecule has 0 unspecified atom stereocenters. The molecule has 8 heteroatoms. The van der Waals surface area contributed by atoms with Crippen molar-refractivity contribution in [2.75, 3.05) is 39.4 Å². The zero-order chi connectivity index (χ0) is 18.7. The van der Waals surface area contributed by atoms with Gasteiger partial charge in [-0.1, -0.05) is 12.1 Å². The number of piperidine rings is 1. The van der Waals surface area contributed by atoms with Gasteiger partial charge in [0.1, 0.15) is 0 Å². The number of nitrogens with zero attached hydrogens (tertiary/aromatic N) is 2. The van der Waals surface area contributed by atoms with Crippen LogP contribution in [-0.2, 0) is 14.8 Å². The highest BCUT2D eigenvalue weighted by molar-refractivity contribution is 7.89. The number of likely N-dealkylation sites (tertiary alicyclic amines) is 1. The minimum absolute atomic E-state index is 0.0568. The molecule has 0 bridgehead atoms. The summed E-state index contributed by atoms with van der Waals surface area (Å²) >= 11 is 0. The molecule has 26 heavy (non-hydrogen) atoms. The van der Waals surface area contributed by atoms with Gasteiger partial charge in [-0.2, -0.15) is 4.31 Å². The summed E-state index contributed by atoms with van der Waals surface area (Å²) in [6.07, 6.45) is 1.22. The molecule has 0 N–H and O–H groups in total. The number of benzene rings is 1. The highest BCUT2D eigenvalue weighted by atomic mass is 32.2. The Labute approximate surface area is 154 Å². The van der Waals surface area contributed by atoms with Crippen molar-refractivity contribution in [1.82, 2.24) is 9.21 Å². The van der Waals surface area contributed by atoms with Crippen LogP contribution in [0.3, 0.4) is 0 Å². The van der Waals surface area contributed by atoms with E-state index >= 15 is 0 Å². The van der Waals surface area contributed by atoms with E-state index in [4.69, 9.17) is 4.74 Å². The van der Waals surface area contributed by atoms with E-state index in [0.29, 0.717) is 56.8 Å². The molecule has 3 rings (SSSR count). The number of hydrogen-bond donors (Lipinski definition) is 0. The Bertz CT molecular complexity index is 769. The fourth-order valence-electron chi connectivity index (χ4n) is 3.41. The van der Waals surface area contributed by atoms with Crippen molar-refractivity contribution >= 4 is 21.7 Å². The number of amides is 1. The van der Waals surface area contributed by atoms with Crippen LogP contribution in [0.1, 0.15) is 40.5 Å². The monoisotopic (exact) mass is 380 g/mol. The fourth-order valence-corrected chi connectivity index (χ4v) is 5.32. The fraction of sp³-hybridized carbons (Fsp3) is 0.556. The Kier molecular flexibility index (Phi) is 5.74. The maximum absolute atomic E-state index is 12.9. The van der Waals surface area contributed by atoms with E-state index in [1.54, 1.807) is 29.2 Å². The first kappa shape index (κ1) is 19.0. The van der Waals surface area contributed by atoms with Gasteiger partial charge in [0.25, 0.3) is 5.91 Å². The van der Waals surface area contributed by atoms with Crippen LogP contribution >= 0.6 is 0 Å². The molecule has 142 valence electrons. The van der Waals surface area contributed by atoms with Gasteiger partial charge in [0.15, 0.2) is 5.78 Å². The number of ether oxygens (including phenoxy) is 1. The molecular weight excluding hydrogens is 356 g/mol. The van der Waals surface area contributed by atoms with Gasteiger partial charge < -0.3 is 9.64 Å². The normalized spacial score (nSPS) is 22.2. The minimum atomic E-state index is -3.44. The molecule has 2 heterocycles. The standard InChI is InChI=1S/C18H24N2O5S/c1-14(21)15-4-6-16(7-5-15)18(22)19-8-2-3-17(13-19)26(23,24)20-9-11-25-12-10-20/h4-7,17H,2-3,8-13H2,1H3/t17-/m1/s1. The predicted octanol–water partition coefficient (Wildman–Crippen LogP) is 1.16. The van der Waals surface area contributed by atoms with Crippen molar-refractivity contribution in [3.05, 3.63) is 35.4 Å². The van der Waals surface area contributed by atoms with Crippen molar-refractivity contribution < 1.29 is 22.7 Å². The lowest BCUT2D eigenvalue weighted by Crippen LogP contribution is -2.51. The molecule has 0 aromatic heterocycles. The van der Waals surface area contributed by atoms with Gasteiger partial charge in [-0.05, 0) is 31.9 Å². The van der Waals surface area contributed by atoms with Crippen molar-refractivity contribution in [2.45, 2.75) is 25.0 Å². The Morgan fingerprint density at radius 3 is 2.27 bits per heavy atom. The van der Waals surface area contributed by atoms with E-state index in [1.165, 1.54) is 11.2 Å². The van der Waals surface area contributed by atoms with Crippen LogP contribution in [0.15, 0.2) is 24.3 Å². The number of Topliss-reactive ketones (excluding diaryl/α,β-unsaturated/α-hetero) is 1. The van der Waals surface area contributed by atoms with Crippen molar-refractivity contribution in [3.8, 4) is 0 Å². The smallest absolute Gasteiger partial charge is 0.253 e. The molecule has 2 aliphatic rings. The third-order valence-corrected chi connectivity index (χ3v) is 7.27. The van der Waals surface area contributed by atoms with E-state index in [0.717, 1.165) is 0 Å². The number of morpholine rings is 1. The van der Waals surface area contributed by atoms with Crippen LogP contribution in [0, 0.1) is 0 Å². The van der Waals surface area contributed by atoms with E-state index in [-0.39, 0.29) is 18.2 Å². The quantitative estimate of drug-likeness (QED) is 0.732. The Balaban J connectivity index is 1.71. The molecule has 1 amide bonds. The lowest BCUT2D eigenvalue weighted by molar-refractivity contribution is 0.0685. The van der Waals surface area contributed by atoms with Crippen LogP contribution in [0.5, 0.6) is 0 Å². The molecular formula is C18H24N2O5S. The van der Waals surface area contributed by atoms with E-state index in [9.17, 15) is 18.0 Å². The lowest BCUT2D eigenvalue weighted by atomic mass is 10.1. The first-order valence-corrected chi connectivity index (χ1v) is 10.4. The van der Waals surface area contributed by atoms with Gasteiger partial charge in [0.05, 0.1) is 18.5 Å². The van der Waals surface area contributed by atoms with E-state index in [1.807, 2.05) is 0 Å². The number of rotatable bonds is 4. The van der Waals surface area contributed by atoms with Crippen LogP contribution in [0.4, 0.5) is 0 Å². The summed E-state index contributed by atoms with van der Waals surface area (Å²) in [6, 6.07) is 6.50. The second-order valence-electron chi connectivity index (χ2n) is 6.71. The molecule has 1 aromatic carbocycles. The van der Waals surface area contributed by atoms with Crippen molar-refractivity contribution in [1.29, 1.82) is 0 Å². The summed E-state index contributed by atoms with van der Waals surface area (Å²) in [5.74, 6) is -0.249. The highest BCUT2D eigenvalue weighted by Gasteiger charge is 2.37. The molecule has 1 atom stereocenters. The third kappa shape index (κ3) is 3.97. The van der Waals surface area contributed by atoms with Crippen LogP contribution in [-0.4, -0.2) is 74.0 Å². The third-order valence-electron chi connectivity index (χ3n) is 4.95. The second kappa shape index (κ2) is 7.85. The number of hydrogen-bond acceptors (Lipinski definition) is 5.